The van der Waals surface area contributed by atoms with E-state index in [9.17, 15) is 8.42 Å². The van der Waals surface area contributed by atoms with Gasteiger partial charge in [0, 0.05) is 6.42 Å². The smallest absolute Gasteiger partial charge is 0.179 e. The van der Waals surface area contributed by atoms with E-state index in [-0.39, 0.29) is 5.75 Å². The van der Waals surface area contributed by atoms with E-state index < -0.39 is 15.1 Å². The largest absolute Gasteiger partial charge is 0.489 e. The molecule has 1 heterocycles. The zero-order valence-electron chi connectivity index (χ0n) is 14.4. The second-order valence-electron chi connectivity index (χ2n) is 6.84. The Morgan fingerprint density at radius 2 is 1.88 bits per heavy atom. The average molecular weight is 393 g/mol. The van der Waals surface area contributed by atoms with Gasteiger partial charge in [0.05, 0.1) is 29.2 Å². The van der Waals surface area contributed by atoms with Gasteiger partial charge in [0.15, 0.2) is 21.3 Å². The molecule has 0 saturated heterocycles. The number of ether oxygens (including phenoxy) is 2. The number of benzene rings is 2. The highest BCUT2D eigenvalue weighted by atomic mass is 35.5. The van der Waals surface area contributed by atoms with Crippen LogP contribution in [-0.4, -0.2) is 21.6 Å². The molecule has 0 fully saturated rings. The first-order chi connectivity index (χ1) is 12.5. The van der Waals surface area contributed by atoms with E-state index in [0.717, 1.165) is 30.4 Å². The maximum Gasteiger partial charge on any atom is 0.179 e. The minimum absolute atomic E-state index is 0.0532. The standard InChI is InChI=1S/C20H21ClO4S/c21-17-11-14(12-18-20(17)25-10-4-9-24-18)13-26(22,23)19-8-3-6-15-5-1-2-7-16(15)19/h1-2,5,7,11-12,19H,3-4,6,8-10,13H2/t19-/m1/s1. The number of hydrogen-bond acceptors (Lipinski definition) is 4. The van der Waals surface area contributed by atoms with E-state index in [4.69, 9.17) is 21.1 Å². The maximum atomic E-state index is 13.1. The topological polar surface area (TPSA) is 52.6 Å². The minimum atomic E-state index is -3.36. The van der Waals surface area contributed by atoms with Gasteiger partial charge in [-0.15, -0.1) is 0 Å². The zero-order valence-corrected chi connectivity index (χ0v) is 16.0. The molecule has 4 rings (SSSR count). The van der Waals surface area contributed by atoms with Crippen LogP contribution in [0, 0.1) is 0 Å². The molecule has 2 aromatic rings. The van der Waals surface area contributed by atoms with Crippen LogP contribution in [0.3, 0.4) is 0 Å². The van der Waals surface area contributed by atoms with Crippen molar-refractivity contribution in [1.82, 2.24) is 0 Å². The minimum Gasteiger partial charge on any atom is -0.489 e. The lowest BCUT2D eigenvalue weighted by Gasteiger charge is -2.25. The second kappa shape index (κ2) is 7.12. The molecule has 0 N–H and O–H groups in total. The Morgan fingerprint density at radius 3 is 2.77 bits per heavy atom. The summed E-state index contributed by atoms with van der Waals surface area (Å²) in [5, 5.41) is -0.0548. The van der Waals surface area contributed by atoms with Gasteiger partial charge in [0.1, 0.15) is 0 Å². The van der Waals surface area contributed by atoms with Crippen LogP contribution >= 0.6 is 11.6 Å². The Hall–Kier alpha value is -1.72. The average Bonchev–Trinajstić information content (AvgIpc) is 2.86. The lowest BCUT2D eigenvalue weighted by Crippen LogP contribution is -2.20. The summed E-state index contributed by atoms with van der Waals surface area (Å²) in [4.78, 5) is 0. The summed E-state index contributed by atoms with van der Waals surface area (Å²) >= 11 is 6.32. The van der Waals surface area contributed by atoms with Crippen molar-refractivity contribution in [3.05, 3.63) is 58.1 Å². The predicted molar refractivity (Wildman–Crippen MR) is 102 cm³/mol. The number of halogens is 1. The number of rotatable bonds is 3. The van der Waals surface area contributed by atoms with Crippen molar-refractivity contribution in [3.63, 3.8) is 0 Å². The second-order valence-corrected chi connectivity index (χ2v) is 9.43. The monoisotopic (exact) mass is 392 g/mol. The van der Waals surface area contributed by atoms with Crippen LogP contribution in [0.1, 0.15) is 41.2 Å². The molecule has 2 aliphatic rings. The van der Waals surface area contributed by atoms with Gasteiger partial charge in [-0.3, -0.25) is 0 Å². The van der Waals surface area contributed by atoms with Crippen LogP contribution in [0.4, 0.5) is 0 Å². The third-order valence-electron chi connectivity index (χ3n) is 4.98. The highest BCUT2D eigenvalue weighted by Gasteiger charge is 2.32. The fourth-order valence-corrected chi connectivity index (χ4v) is 6.05. The van der Waals surface area contributed by atoms with Crippen LogP contribution in [-0.2, 0) is 22.0 Å². The predicted octanol–water partition coefficient (Wildman–Crippen LogP) is 4.49. The molecule has 26 heavy (non-hydrogen) atoms. The molecule has 0 saturated carbocycles. The molecule has 0 bridgehead atoms. The van der Waals surface area contributed by atoms with Crippen molar-refractivity contribution in [2.75, 3.05) is 13.2 Å². The Labute approximate surface area is 159 Å². The third-order valence-corrected chi connectivity index (χ3v) is 7.35. The molecule has 6 heteroatoms. The number of fused-ring (bicyclic) bond motifs is 2. The van der Waals surface area contributed by atoms with Crippen LogP contribution in [0.25, 0.3) is 0 Å². The van der Waals surface area contributed by atoms with Crippen molar-refractivity contribution in [3.8, 4) is 11.5 Å². The normalized spacial score (nSPS) is 19.5. The van der Waals surface area contributed by atoms with Gasteiger partial charge < -0.3 is 9.47 Å². The fourth-order valence-electron chi connectivity index (χ4n) is 3.78. The van der Waals surface area contributed by atoms with Gasteiger partial charge in [-0.25, -0.2) is 8.42 Å². The molecule has 0 amide bonds. The summed E-state index contributed by atoms with van der Waals surface area (Å²) in [6.07, 6.45) is 3.27. The maximum absolute atomic E-state index is 13.1. The Kier molecular flexibility index (Phi) is 4.84. The quantitative estimate of drug-likeness (QED) is 0.772. The first kappa shape index (κ1) is 17.7. The molecule has 138 valence electrons. The highest BCUT2D eigenvalue weighted by molar-refractivity contribution is 7.90. The molecule has 1 aliphatic carbocycles. The summed E-state index contributed by atoms with van der Waals surface area (Å²) in [6, 6.07) is 11.3. The van der Waals surface area contributed by atoms with E-state index in [1.54, 1.807) is 12.1 Å². The van der Waals surface area contributed by atoms with Crippen molar-refractivity contribution in [1.29, 1.82) is 0 Å². The molecule has 1 atom stereocenters. The van der Waals surface area contributed by atoms with E-state index in [1.807, 2.05) is 24.3 Å². The summed E-state index contributed by atoms with van der Waals surface area (Å²) in [5.74, 6) is 0.986. The van der Waals surface area contributed by atoms with Crippen LogP contribution in [0.15, 0.2) is 36.4 Å². The first-order valence-corrected chi connectivity index (χ1v) is 11.0. The van der Waals surface area contributed by atoms with Gasteiger partial charge in [-0.1, -0.05) is 35.9 Å². The van der Waals surface area contributed by atoms with E-state index >= 15 is 0 Å². The Balaban J connectivity index is 1.65. The third kappa shape index (κ3) is 3.42. The van der Waals surface area contributed by atoms with Gasteiger partial charge in [-0.05, 0) is 48.1 Å². The molecule has 2 aromatic carbocycles. The van der Waals surface area contributed by atoms with E-state index in [1.165, 1.54) is 0 Å². The SMILES string of the molecule is O=S(=O)(Cc1cc(Cl)c2c(c1)OCCCO2)[C@@H]1CCCc2ccccc21. The highest BCUT2D eigenvalue weighted by Crippen LogP contribution is 2.41. The zero-order chi connectivity index (χ0) is 18.1. The summed E-state index contributed by atoms with van der Waals surface area (Å²) in [7, 11) is -3.36. The van der Waals surface area contributed by atoms with Gasteiger partial charge >= 0.3 is 0 Å². The molecule has 0 radical (unpaired) electrons. The van der Waals surface area contributed by atoms with Crippen LogP contribution in [0.2, 0.25) is 5.02 Å². The molecule has 0 spiro atoms. The van der Waals surface area contributed by atoms with E-state index in [2.05, 4.69) is 0 Å². The van der Waals surface area contributed by atoms with Gasteiger partial charge in [0.25, 0.3) is 0 Å². The van der Waals surface area contributed by atoms with Crippen molar-refractivity contribution in [2.24, 2.45) is 0 Å². The molecule has 1 aliphatic heterocycles. The molecule has 4 nitrogen and oxygen atoms in total. The first-order valence-electron chi connectivity index (χ1n) is 8.92. The lowest BCUT2D eigenvalue weighted by atomic mass is 9.91. The van der Waals surface area contributed by atoms with Gasteiger partial charge in [-0.2, -0.15) is 0 Å². The molecular weight excluding hydrogens is 372 g/mol. The van der Waals surface area contributed by atoms with E-state index in [0.29, 0.717) is 41.7 Å². The number of aryl methyl sites for hydroxylation is 1. The number of sulfone groups is 1. The van der Waals surface area contributed by atoms with Crippen LogP contribution < -0.4 is 9.47 Å². The molecule has 0 aromatic heterocycles. The van der Waals surface area contributed by atoms with Crippen molar-refractivity contribution in [2.45, 2.75) is 36.7 Å². The summed E-state index contributed by atoms with van der Waals surface area (Å²) in [5.41, 5.74) is 2.73. The lowest BCUT2D eigenvalue weighted by molar-refractivity contribution is 0.297. The molecule has 0 unspecified atom stereocenters. The summed E-state index contributed by atoms with van der Waals surface area (Å²) in [6.45, 7) is 1.08. The van der Waals surface area contributed by atoms with Crippen LogP contribution in [0.5, 0.6) is 11.5 Å². The fraction of sp³-hybridized carbons (Fsp3) is 0.400. The Bertz CT molecular complexity index is 923. The van der Waals surface area contributed by atoms with Crippen molar-refractivity contribution < 1.29 is 17.9 Å². The number of hydrogen-bond donors (Lipinski definition) is 0. The van der Waals surface area contributed by atoms with Gasteiger partial charge in [0.2, 0.25) is 0 Å². The Morgan fingerprint density at radius 1 is 1.08 bits per heavy atom. The molecular formula is C20H21ClO4S. The van der Waals surface area contributed by atoms with Crippen molar-refractivity contribution >= 4 is 21.4 Å². The summed E-state index contributed by atoms with van der Waals surface area (Å²) < 4.78 is 37.6.